The third kappa shape index (κ3) is 2.73. The van der Waals surface area contributed by atoms with Gasteiger partial charge < -0.3 is 10.0 Å². The molecule has 0 radical (unpaired) electrons. The normalized spacial score (nSPS) is 11.3. The molecule has 0 bridgehead atoms. The number of carboxylic acids is 1. The van der Waals surface area contributed by atoms with Crippen LogP contribution in [0.25, 0.3) is 11.0 Å². The van der Waals surface area contributed by atoms with Gasteiger partial charge in [-0.3, -0.25) is 0 Å². The lowest BCUT2D eigenvalue weighted by atomic mass is 10.2. The van der Waals surface area contributed by atoms with Gasteiger partial charge >= 0.3 is 5.97 Å². The Morgan fingerprint density at radius 3 is 2.74 bits per heavy atom. The first-order chi connectivity index (χ1) is 9.17. The first-order valence-electron chi connectivity index (χ1n) is 6.45. The van der Waals surface area contributed by atoms with Crippen molar-refractivity contribution < 1.29 is 9.90 Å². The van der Waals surface area contributed by atoms with Gasteiger partial charge in [-0.05, 0) is 25.2 Å². The summed E-state index contributed by atoms with van der Waals surface area (Å²) in [5.41, 5.74) is 1.42. The molecular weight excluding hydrogens is 244 g/mol. The van der Waals surface area contributed by atoms with Crippen molar-refractivity contribution in [2.24, 2.45) is 0 Å². The van der Waals surface area contributed by atoms with Crippen LogP contribution >= 0.6 is 0 Å². The van der Waals surface area contributed by atoms with Crippen LogP contribution in [0, 0.1) is 0 Å². The van der Waals surface area contributed by atoms with Gasteiger partial charge in [-0.25, -0.2) is 9.48 Å². The largest absolute Gasteiger partial charge is 0.478 e. The Hall–Kier alpha value is -1.95. The van der Waals surface area contributed by atoms with Crippen molar-refractivity contribution in [3.63, 3.8) is 0 Å². The van der Waals surface area contributed by atoms with Crippen molar-refractivity contribution in [2.75, 3.05) is 19.6 Å². The molecule has 0 unspecified atom stereocenters. The summed E-state index contributed by atoms with van der Waals surface area (Å²) in [5.74, 6) is -0.971. The summed E-state index contributed by atoms with van der Waals surface area (Å²) in [6.45, 7) is 7.80. The Kier molecular flexibility index (Phi) is 4.11. The molecule has 102 valence electrons. The van der Waals surface area contributed by atoms with E-state index in [1.807, 2.05) is 6.07 Å². The van der Waals surface area contributed by atoms with Gasteiger partial charge in [0.05, 0.1) is 17.6 Å². The Morgan fingerprint density at radius 1 is 1.37 bits per heavy atom. The molecule has 0 aliphatic rings. The zero-order valence-electron chi connectivity index (χ0n) is 11.2. The van der Waals surface area contributed by atoms with Crippen molar-refractivity contribution in [1.82, 2.24) is 19.9 Å². The SMILES string of the molecule is CCN(CC)CCn1nnc2c(C(=O)O)cccc21. The minimum Gasteiger partial charge on any atom is -0.478 e. The molecule has 1 heterocycles. The molecule has 1 N–H and O–H groups in total. The van der Waals surface area contributed by atoms with E-state index < -0.39 is 5.97 Å². The maximum Gasteiger partial charge on any atom is 0.338 e. The smallest absolute Gasteiger partial charge is 0.338 e. The summed E-state index contributed by atoms with van der Waals surface area (Å²) >= 11 is 0. The first kappa shape index (κ1) is 13.5. The van der Waals surface area contributed by atoms with Crippen molar-refractivity contribution in [3.8, 4) is 0 Å². The highest BCUT2D eigenvalue weighted by molar-refractivity contribution is 6.00. The molecule has 2 rings (SSSR count). The molecule has 0 atom stereocenters. The number of likely N-dealkylation sites (N-methyl/N-ethyl adjacent to an activating group) is 1. The minimum atomic E-state index is -0.971. The van der Waals surface area contributed by atoms with Crippen LogP contribution in [0.4, 0.5) is 0 Å². The van der Waals surface area contributed by atoms with E-state index in [1.165, 1.54) is 0 Å². The van der Waals surface area contributed by atoms with Gasteiger partial charge in [0, 0.05) is 6.54 Å². The van der Waals surface area contributed by atoms with Crippen LogP contribution in [-0.2, 0) is 6.54 Å². The van der Waals surface area contributed by atoms with Crippen LogP contribution in [0.2, 0.25) is 0 Å². The highest BCUT2D eigenvalue weighted by Gasteiger charge is 2.13. The molecule has 6 heteroatoms. The van der Waals surface area contributed by atoms with E-state index in [0.717, 1.165) is 25.2 Å². The number of carbonyl (C=O) groups is 1. The molecule has 2 aromatic rings. The summed E-state index contributed by atoms with van der Waals surface area (Å²) in [6.07, 6.45) is 0. The average Bonchev–Trinajstić information content (AvgIpc) is 2.83. The lowest BCUT2D eigenvalue weighted by molar-refractivity contribution is 0.0699. The third-order valence-corrected chi connectivity index (χ3v) is 3.30. The Labute approximate surface area is 111 Å². The van der Waals surface area contributed by atoms with E-state index >= 15 is 0 Å². The summed E-state index contributed by atoms with van der Waals surface area (Å²) < 4.78 is 1.76. The summed E-state index contributed by atoms with van der Waals surface area (Å²) in [5, 5.41) is 17.1. The molecule has 0 fully saturated rings. The van der Waals surface area contributed by atoms with E-state index in [0.29, 0.717) is 12.1 Å². The zero-order chi connectivity index (χ0) is 13.8. The first-order valence-corrected chi connectivity index (χ1v) is 6.45. The van der Waals surface area contributed by atoms with Gasteiger partial charge in [0.2, 0.25) is 0 Å². The monoisotopic (exact) mass is 262 g/mol. The van der Waals surface area contributed by atoms with Crippen LogP contribution < -0.4 is 0 Å². The van der Waals surface area contributed by atoms with Crippen LogP contribution in [0.3, 0.4) is 0 Å². The fourth-order valence-corrected chi connectivity index (χ4v) is 2.11. The fourth-order valence-electron chi connectivity index (χ4n) is 2.11. The van der Waals surface area contributed by atoms with Crippen LogP contribution in [0.5, 0.6) is 0 Å². The number of rotatable bonds is 6. The topological polar surface area (TPSA) is 71.2 Å². The van der Waals surface area contributed by atoms with Crippen molar-refractivity contribution in [1.29, 1.82) is 0 Å². The van der Waals surface area contributed by atoms with Crippen LogP contribution in [0.1, 0.15) is 24.2 Å². The van der Waals surface area contributed by atoms with Gasteiger partial charge in [-0.1, -0.05) is 25.1 Å². The maximum absolute atomic E-state index is 11.1. The van der Waals surface area contributed by atoms with Gasteiger partial charge in [-0.15, -0.1) is 5.10 Å². The molecular formula is C13H18N4O2. The number of aromatic carboxylic acids is 1. The number of hydrogen-bond donors (Lipinski definition) is 1. The number of hydrogen-bond acceptors (Lipinski definition) is 4. The number of fused-ring (bicyclic) bond motifs is 1. The van der Waals surface area contributed by atoms with E-state index in [4.69, 9.17) is 5.11 Å². The molecule has 6 nitrogen and oxygen atoms in total. The minimum absolute atomic E-state index is 0.201. The number of carboxylic acid groups (broad SMARTS) is 1. The number of nitrogens with zero attached hydrogens (tertiary/aromatic N) is 4. The van der Waals surface area contributed by atoms with Crippen molar-refractivity contribution >= 4 is 17.0 Å². The number of aromatic nitrogens is 3. The highest BCUT2D eigenvalue weighted by Crippen LogP contribution is 2.16. The predicted octanol–water partition coefficient (Wildman–Crippen LogP) is 1.47. The molecule has 0 aliphatic carbocycles. The second kappa shape index (κ2) is 5.79. The third-order valence-electron chi connectivity index (χ3n) is 3.30. The van der Waals surface area contributed by atoms with E-state index in [9.17, 15) is 4.79 Å². The Bertz CT molecular complexity index is 575. The second-order valence-corrected chi connectivity index (χ2v) is 4.32. The molecule has 1 aromatic heterocycles. The summed E-state index contributed by atoms with van der Waals surface area (Å²) in [4.78, 5) is 13.4. The molecule has 0 aliphatic heterocycles. The van der Waals surface area contributed by atoms with Crippen LogP contribution in [-0.4, -0.2) is 50.6 Å². The van der Waals surface area contributed by atoms with E-state index in [-0.39, 0.29) is 5.56 Å². The summed E-state index contributed by atoms with van der Waals surface area (Å²) in [6, 6.07) is 5.13. The molecule has 0 saturated heterocycles. The van der Waals surface area contributed by atoms with E-state index in [2.05, 4.69) is 29.1 Å². The molecule has 0 amide bonds. The zero-order valence-corrected chi connectivity index (χ0v) is 11.2. The van der Waals surface area contributed by atoms with Gasteiger partial charge in [-0.2, -0.15) is 0 Å². The Balaban J connectivity index is 2.26. The van der Waals surface area contributed by atoms with Crippen molar-refractivity contribution in [2.45, 2.75) is 20.4 Å². The average molecular weight is 262 g/mol. The van der Waals surface area contributed by atoms with Gasteiger partial charge in [0.15, 0.2) is 0 Å². The molecule has 0 spiro atoms. The quantitative estimate of drug-likeness (QED) is 0.853. The lowest BCUT2D eigenvalue weighted by Crippen LogP contribution is -2.27. The van der Waals surface area contributed by atoms with E-state index in [1.54, 1.807) is 16.8 Å². The molecule has 1 aromatic carbocycles. The predicted molar refractivity (Wildman–Crippen MR) is 72.3 cm³/mol. The van der Waals surface area contributed by atoms with Crippen LogP contribution in [0.15, 0.2) is 18.2 Å². The van der Waals surface area contributed by atoms with Crippen molar-refractivity contribution in [3.05, 3.63) is 23.8 Å². The summed E-state index contributed by atoms with van der Waals surface area (Å²) in [7, 11) is 0. The molecule has 19 heavy (non-hydrogen) atoms. The Morgan fingerprint density at radius 2 is 2.11 bits per heavy atom. The standard InChI is InChI=1S/C13H18N4O2/c1-3-16(4-2)8-9-17-11-7-5-6-10(13(18)19)12(11)14-15-17/h5-7H,3-4,8-9H2,1-2H3,(H,18,19). The van der Waals surface area contributed by atoms with Gasteiger partial charge in [0.1, 0.15) is 5.52 Å². The highest BCUT2D eigenvalue weighted by atomic mass is 16.4. The second-order valence-electron chi connectivity index (χ2n) is 4.32. The number of benzene rings is 1. The lowest BCUT2D eigenvalue weighted by Gasteiger charge is -2.17. The molecule has 0 saturated carbocycles. The van der Waals surface area contributed by atoms with Gasteiger partial charge in [0.25, 0.3) is 0 Å². The maximum atomic E-state index is 11.1. The fraction of sp³-hybridized carbons (Fsp3) is 0.462.